The van der Waals surface area contributed by atoms with Gasteiger partial charge < -0.3 is 15.7 Å². The predicted octanol–water partition coefficient (Wildman–Crippen LogP) is 3.66. The molecular weight excluding hydrogens is 354 g/mol. The molecule has 3 rings (SSSR count). The Kier molecular flexibility index (Phi) is 5.42. The van der Waals surface area contributed by atoms with E-state index in [0.717, 1.165) is 22.4 Å². The lowest BCUT2D eigenvalue weighted by molar-refractivity contribution is -0.140. The minimum Gasteiger partial charge on any atom is -0.359 e. The summed E-state index contributed by atoms with van der Waals surface area (Å²) in [4.78, 5) is 27.2. The number of carbonyl (C=O) groups excluding carboxylic acids is 2. The highest BCUT2D eigenvalue weighted by molar-refractivity contribution is 6.11. The van der Waals surface area contributed by atoms with Crippen molar-refractivity contribution < 1.29 is 14.7 Å². The topological polar surface area (TPSA) is 81.7 Å². The van der Waals surface area contributed by atoms with Crippen LogP contribution in [0.3, 0.4) is 0 Å². The van der Waals surface area contributed by atoms with E-state index in [1.165, 1.54) is 0 Å². The van der Waals surface area contributed by atoms with E-state index in [-0.39, 0.29) is 0 Å². The second-order valence-electron chi connectivity index (χ2n) is 7.69. The lowest BCUT2D eigenvalue weighted by atomic mass is 9.94. The lowest BCUT2D eigenvalue weighted by Gasteiger charge is -2.42. The molecule has 0 aromatic heterocycles. The Labute approximate surface area is 165 Å². The van der Waals surface area contributed by atoms with E-state index in [9.17, 15) is 14.7 Å². The zero-order valence-corrected chi connectivity index (χ0v) is 16.7. The molecule has 28 heavy (non-hydrogen) atoms. The van der Waals surface area contributed by atoms with Crippen LogP contribution in [0.5, 0.6) is 0 Å². The molecule has 1 unspecified atom stereocenters. The van der Waals surface area contributed by atoms with Crippen molar-refractivity contribution in [2.24, 2.45) is 5.92 Å². The maximum absolute atomic E-state index is 13.2. The van der Waals surface area contributed by atoms with Gasteiger partial charge in [-0.15, -0.1) is 0 Å². The lowest BCUT2D eigenvalue weighted by Crippen LogP contribution is -2.62. The molecule has 3 N–H and O–H groups in total. The quantitative estimate of drug-likeness (QED) is 0.739. The van der Waals surface area contributed by atoms with Crippen LogP contribution in [0.25, 0.3) is 0 Å². The van der Waals surface area contributed by atoms with Crippen LogP contribution in [-0.2, 0) is 10.5 Å². The third-order valence-electron chi connectivity index (χ3n) is 5.14. The number of rotatable bonds is 5. The number of hydrogen-bond acceptors (Lipinski definition) is 3. The summed E-state index contributed by atoms with van der Waals surface area (Å²) in [6.07, 6.45) is 0.777. The summed E-state index contributed by atoms with van der Waals surface area (Å²) >= 11 is 0. The first-order valence-corrected chi connectivity index (χ1v) is 9.53. The molecule has 1 aliphatic heterocycles. The number of aliphatic hydroxyl groups is 1. The van der Waals surface area contributed by atoms with E-state index >= 15 is 0 Å². The molecular formula is C22H27N3O3. The van der Waals surface area contributed by atoms with Gasteiger partial charge in [0.2, 0.25) is 0 Å². The normalized spacial score (nSPS) is 18.6. The number of nitrogens with zero attached hydrogens (tertiary/aromatic N) is 1. The first kappa shape index (κ1) is 19.9. The van der Waals surface area contributed by atoms with Crippen molar-refractivity contribution in [1.82, 2.24) is 5.32 Å². The molecule has 2 aromatic carbocycles. The summed E-state index contributed by atoms with van der Waals surface area (Å²) < 4.78 is 0. The van der Waals surface area contributed by atoms with Gasteiger partial charge in [-0.3, -0.25) is 9.69 Å². The monoisotopic (exact) mass is 381 g/mol. The van der Waals surface area contributed by atoms with Gasteiger partial charge in [-0.25, -0.2) is 4.79 Å². The van der Waals surface area contributed by atoms with Crippen molar-refractivity contribution in [3.8, 4) is 0 Å². The zero-order valence-electron chi connectivity index (χ0n) is 16.7. The van der Waals surface area contributed by atoms with Gasteiger partial charge in [0.05, 0.1) is 5.69 Å². The number of nitrogens with one attached hydrogen (secondary N) is 2. The van der Waals surface area contributed by atoms with Gasteiger partial charge in [0.15, 0.2) is 0 Å². The number of benzene rings is 2. The molecule has 1 heterocycles. The fourth-order valence-electron chi connectivity index (χ4n) is 3.32. The highest BCUT2D eigenvalue weighted by Crippen LogP contribution is 2.40. The average Bonchev–Trinajstić information content (AvgIpc) is 2.64. The average molecular weight is 381 g/mol. The van der Waals surface area contributed by atoms with Crippen LogP contribution in [-0.4, -0.2) is 23.6 Å². The number of fused-ring (bicyclic) bond motifs is 1. The Bertz CT molecular complexity index is 910. The molecule has 0 aliphatic carbocycles. The second-order valence-corrected chi connectivity index (χ2v) is 7.69. The van der Waals surface area contributed by atoms with Gasteiger partial charge in [0, 0.05) is 17.8 Å². The molecule has 6 nitrogen and oxygen atoms in total. The first-order chi connectivity index (χ1) is 13.2. The van der Waals surface area contributed by atoms with Crippen molar-refractivity contribution >= 4 is 23.3 Å². The van der Waals surface area contributed by atoms with Crippen molar-refractivity contribution in [3.05, 3.63) is 59.2 Å². The minimum atomic E-state index is -2.14. The molecule has 1 aliphatic rings. The second kappa shape index (κ2) is 7.64. The fraction of sp³-hybridized carbons (Fsp3) is 0.364. The molecule has 0 fully saturated rings. The Morgan fingerprint density at radius 3 is 2.57 bits per heavy atom. The molecule has 0 radical (unpaired) electrons. The molecule has 148 valence electrons. The molecule has 0 spiro atoms. The van der Waals surface area contributed by atoms with Crippen molar-refractivity contribution in [2.75, 3.05) is 16.8 Å². The summed E-state index contributed by atoms with van der Waals surface area (Å²) in [5.41, 5.74) is 1.11. The largest absolute Gasteiger partial charge is 0.359 e. The maximum atomic E-state index is 13.2. The number of urea groups is 1. The Hall–Kier alpha value is -2.86. The van der Waals surface area contributed by atoms with E-state index in [1.54, 1.807) is 36.4 Å². The molecule has 2 aromatic rings. The van der Waals surface area contributed by atoms with Crippen LogP contribution in [0.4, 0.5) is 16.2 Å². The Morgan fingerprint density at radius 2 is 1.89 bits per heavy atom. The number of hydrogen-bond donors (Lipinski definition) is 3. The van der Waals surface area contributed by atoms with Crippen molar-refractivity contribution in [2.45, 2.75) is 39.8 Å². The fourth-order valence-corrected chi connectivity index (χ4v) is 3.32. The molecule has 0 bridgehead atoms. The van der Waals surface area contributed by atoms with Crippen LogP contribution in [0.1, 0.15) is 37.0 Å². The van der Waals surface area contributed by atoms with E-state index in [0.29, 0.717) is 29.4 Å². The first-order valence-electron chi connectivity index (χ1n) is 9.53. The summed E-state index contributed by atoms with van der Waals surface area (Å²) in [6, 6.07) is 11.7. The Morgan fingerprint density at radius 1 is 1.18 bits per heavy atom. The molecule has 0 saturated heterocycles. The third kappa shape index (κ3) is 3.47. The van der Waals surface area contributed by atoms with Gasteiger partial charge in [0.1, 0.15) is 0 Å². The number of para-hydroxylation sites is 1. The van der Waals surface area contributed by atoms with Crippen LogP contribution in [0.15, 0.2) is 42.5 Å². The maximum Gasteiger partial charge on any atom is 0.329 e. The van der Waals surface area contributed by atoms with Gasteiger partial charge >= 0.3 is 6.03 Å². The van der Waals surface area contributed by atoms with Gasteiger partial charge in [-0.2, -0.15) is 0 Å². The summed E-state index contributed by atoms with van der Waals surface area (Å²) in [7, 11) is 0. The van der Waals surface area contributed by atoms with Gasteiger partial charge in [0.25, 0.3) is 11.6 Å². The molecule has 3 amide bonds. The van der Waals surface area contributed by atoms with Gasteiger partial charge in [-0.1, -0.05) is 38.1 Å². The third-order valence-corrected chi connectivity index (χ3v) is 5.14. The SMILES string of the molecule is Cc1ccc(N2C(=O)Nc3ccccc3C2(O)C(=O)NCCC(C)C)cc1C. The standard InChI is InChI=1S/C22H27N3O3/c1-14(2)11-12-23-20(26)22(28)18-7-5-6-8-19(18)24-21(27)25(22)17-10-9-15(3)16(4)13-17/h5-10,13-14,28H,11-12H2,1-4H3,(H,23,26)(H,24,27). The van der Waals surface area contributed by atoms with Crippen LogP contribution in [0.2, 0.25) is 0 Å². The highest BCUT2D eigenvalue weighted by Gasteiger charge is 2.51. The van der Waals surface area contributed by atoms with Crippen LogP contribution in [0, 0.1) is 19.8 Å². The minimum absolute atomic E-state index is 0.342. The van der Waals surface area contributed by atoms with Crippen molar-refractivity contribution in [1.29, 1.82) is 0 Å². The molecule has 0 saturated carbocycles. The summed E-state index contributed by atoms with van der Waals surface area (Å²) in [6.45, 7) is 8.44. The number of amides is 3. The van der Waals surface area contributed by atoms with Crippen molar-refractivity contribution in [3.63, 3.8) is 0 Å². The Balaban J connectivity index is 2.09. The number of aryl methyl sites for hydroxylation is 2. The summed E-state index contributed by atoms with van der Waals surface area (Å²) in [5.74, 6) is -0.207. The zero-order chi connectivity index (χ0) is 20.5. The van der Waals surface area contributed by atoms with Crippen LogP contribution >= 0.6 is 0 Å². The highest BCUT2D eigenvalue weighted by atomic mass is 16.3. The number of carbonyl (C=O) groups is 2. The van der Waals surface area contributed by atoms with E-state index < -0.39 is 17.7 Å². The number of anilines is 2. The molecule has 1 atom stereocenters. The smallest absolute Gasteiger partial charge is 0.329 e. The van der Waals surface area contributed by atoms with Gasteiger partial charge in [-0.05, 0) is 55.5 Å². The van der Waals surface area contributed by atoms with E-state index in [1.807, 2.05) is 19.9 Å². The predicted molar refractivity (Wildman–Crippen MR) is 110 cm³/mol. The van der Waals surface area contributed by atoms with Crippen LogP contribution < -0.4 is 15.5 Å². The van der Waals surface area contributed by atoms with E-state index in [4.69, 9.17) is 0 Å². The summed E-state index contributed by atoms with van der Waals surface area (Å²) in [5, 5.41) is 17.2. The molecule has 6 heteroatoms. The van der Waals surface area contributed by atoms with E-state index in [2.05, 4.69) is 24.5 Å².